The van der Waals surface area contributed by atoms with E-state index in [1.54, 1.807) is 14.2 Å². The second kappa shape index (κ2) is 5.05. The summed E-state index contributed by atoms with van der Waals surface area (Å²) in [7, 11) is 3.18. The maximum Gasteiger partial charge on any atom is 0.171 e. The number of nitrogens with one attached hydrogen (secondary N) is 1. The normalized spacial score (nSPS) is 12.2. The third kappa shape index (κ3) is 2.28. The molecule has 1 atom stereocenters. The number of nitrogens with two attached hydrogens (primary N) is 1. The fraction of sp³-hybridized carbons (Fsp3) is 0.333. The number of aromatic nitrogens is 3. The Labute approximate surface area is 105 Å². The monoisotopic (exact) mass is 248 g/mol. The molecule has 1 aromatic carbocycles. The van der Waals surface area contributed by atoms with Crippen LogP contribution in [0.5, 0.6) is 11.5 Å². The molecule has 0 radical (unpaired) electrons. The third-order valence-electron chi connectivity index (χ3n) is 2.66. The molecule has 6 nitrogen and oxygen atoms in total. The first-order chi connectivity index (χ1) is 8.65. The average Bonchev–Trinajstić information content (AvgIpc) is 2.83. The van der Waals surface area contributed by atoms with Gasteiger partial charge < -0.3 is 15.2 Å². The molecule has 0 bridgehead atoms. The van der Waals surface area contributed by atoms with Gasteiger partial charge in [-0.3, -0.25) is 5.10 Å². The molecule has 6 heteroatoms. The first-order valence-corrected chi connectivity index (χ1v) is 5.52. The molecule has 0 spiro atoms. The van der Waals surface area contributed by atoms with Gasteiger partial charge in [0.05, 0.1) is 20.3 Å². The Hall–Kier alpha value is -2.08. The molecule has 0 aliphatic rings. The van der Waals surface area contributed by atoms with E-state index in [0.29, 0.717) is 17.3 Å². The Bertz CT molecular complexity index is 539. The van der Waals surface area contributed by atoms with E-state index in [2.05, 4.69) is 15.2 Å². The zero-order chi connectivity index (χ0) is 13.1. The Balaban J connectivity index is 2.33. The summed E-state index contributed by atoms with van der Waals surface area (Å²) in [5.74, 6) is 2.60. The molecule has 96 valence electrons. The molecule has 18 heavy (non-hydrogen) atoms. The van der Waals surface area contributed by atoms with E-state index in [1.165, 1.54) is 0 Å². The molecule has 0 amide bonds. The molecule has 2 aromatic rings. The molecule has 0 saturated heterocycles. The summed E-state index contributed by atoms with van der Waals surface area (Å²) in [6.45, 7) is 1.83. The lowest BCUT2D eigenvalue weighted by Crippen LogP contribution is -2.14. The molecule has 1 heterocycles. The van der Waals surface area contributed by atoms with Crippen LogP contribution in [0.2, 0.25) is 0 Å². The Kier molecular flexibility index (Phi) is 3.47. The van der Waals surface area contributed by atoms with Crippen LogP contribution in [0.15, 0.2) is 18.2 Å². The van der Waals surface area contributed by atoms with Crippen LogP contribution in [-0.4, -0.2) is 29.4 Å². The molecule has 0 aliphatic carbocycles. The van der Waals surface area contributed by atoms with Gasteiger partial charge in [-0.15, -0.1) is 0 Å². The van der Waals surface area contributed by atoms with Gasteiger partial charge in [-0.1, -0.05) is 6.07 Å². The zero-order valence-corrected chi connectivity index (χ0v) is 10.6. The second-order valence-corrected chi connectivity index (χ2v) is 3.87. The smallest absolute Gasteiger partial charge is 0.171 e. The minimum absolute atomic E-state index is 0.394. The largest absolute Gasteiger partial charge is 0.493 e. The summed E-state index contributed by atoms with van der Waals surface area (Å²) in [6.07, 6.45) is 0. The summed E-state index contributed by atoms with van der Waals surface area (Å²) >= 11 is 0. The molecule has 0 fully saturated rings. The van der Waals surface area contributed by atoms with Crippen molar-refractivity contribution in [3.05, 3.63) is 35.4 Å². The lowest BCUT2D eigenvalue weighted by molar-refractivity contribution is 0.354. The number of methoxy groups -OCH3 is 2. The lowest BCUT2D eigenvalue weighted by Gasteiger charge is -2.12. The lowest BCUT2D eigenvalue weighted by atomic mass is 10.1. The average molecular weight is 248 g/mol. The Morgan fingerprint density at radius 2 is 1.94 bits per heavy atom. The highest BCUT2D eigenvalue weighted by molar-refractivity contribution is 5.44. The van der Waals surface area contributed by atoms with Crippen molar-refractivity contribution in [1.82, 2.24) is 15.2 Å². The van der Waals surface area contributed by atoms with Crippen molar-refractivity contribution < 1.29 is 9.47 Å². The van der Waals surface area contributed by atoms with Gasteiger partial charge in [0, 0.05) is 0 Å². The van der Waals surface area contributed by atoms with Gasteiger partial charge in [0.15, 0.2) is 17.3 Å². The van der Waals surface area contributed by atoms with Crippen LogP contribution >= 0.6 is 0 Å². The van der Waals surface area contributed by atoms with Crippen LogP contribution in [-0.2, 0) is 0 Å². The molecule has 0 aliphatic heterocycles. The summed E-state index contributed by atoms with van der Waals surface area (Å²) in [5.41, 5.74) is 6.97. The summed E-state index contributed by atoms with van der Waals surface area (Å²) in [5, 5.41) is 6.83. The minimum Gasteiger partial charge on any atom is -0.493 e. The number of aromatic amines is 1. The van der Waals surface area contributed by atoms with Gasteiger partial charge in [-0.25, -0.2) is 4.98 Å². The highest BCUT2D eigenvalue weighted by Gasteiger charge is 2.15. The number of hydrogen-bond donors (Lipinski definition) is 2. The van der Waals surface area contributed by atoms with Crippen molar-refractivity contribution in [1.29, 1.82) is 0 Å². The second-order valence-electron chi connectivity index (χ2n) is 3.87. The predicted molar refractivity (Wildman–Crippen MR) is 66.7 cm³/mol. The van der Waals surface area contributed by atoms with E-state index >= 15 is 0 Å². The quantitative estimate of drug-likeness (QED) is 0.848. The number of benzene rings is 1. The van der Waals surface area contributed by atoms with Gasteiger partial charge in [-0.05, 0) is 24.6 Å². The van der Waals surface area contributed by atoms with E-state index in [9.17, 15) is 0 Å². The van der Waals surface area contributed by atoms with Crippen LogP contribution in [0.3, 0.4) is 0 Å². The molecule has 1 aromatic heterocycles. The first-order valence-electron chi connectivity index (χ1n) is 5.52. The van der Waals surface area contributed by atoms with Gasteiger partial charge in [0.25, 0.3) is 0 Å². The summed E-state index contributed by atoms with van der Waals surface area (Å²) < 4.78 is 10.4. The number of rotatable bonds is 4. The molecular formula is C12H16N4O2. The number of nitrogens with zero attached hydrogens (tertiary/aromatic N) is 2. The Morgan fingerprint density at radius 1 is 1.22 bits per heavy atom. The number of ether oxygens (including phenoxy) is 2. The zero-order valence-electron chi connectivity index (χ0n) is 10.6. The third-order valence-corrected chi connectivity index (χ3v) is 2.66. The van der Waals surface area contributed by atoms with E-state index in [1.807, 2.05) is 25.1 Å². The van der Waals surface area contributed by atoms with E-state index in [0.717, 1.165) is 11.4 Å². The summed E-state index contributed by atoms with van der Waals surface area (Å²) in [4.78, 5) is 4.22. The van der Waals surface area contributed by atoms with Crippen molar-refractivity contribution in [3.63, 3.8) is 0 Å². The molecule has 2 rings (SSSR count). The molecular weight excluding hydrogens is 232 g/mol. The fourth-order valence-electron chi connectivity index (χ4n) is 1.69. The van der Waals surface area contributed by atoms with Gasteiger partial charge in [0.1, 0.15) is 5.82 Å². The number of hydrogen-bond acceptors (Lipinski definition) is 5. The van der Waals surface area contributed by atoms with Crippen LogP contribution in [0.25, 0.3) is 0 Å². The topological polar surface area (TPSA) is 86.0 Å². The van der Waals surface area contributed by atoms with Crippen molar-refractivity contribution >= 4 is 0 Å². The number of aryl methyl sites for hydroxylation is 1. The van der Waals surface area contributed by atoms with Gasteiger partial charge >= 0.3 is 0 Å². The van der Waals surface area contributed by atoms with Crippen LogP contribution in [0.1, 0.15) is 23.3 Å². The fourth-order valence-corrected chi connectivity index (χ4v) is 1.69. The highest BCUT2D eigenvalue weighted by atomic mass is 16.5. The SMILES string of the molecule is COc1ccc([C@@H](N)c2n[nH]c(C)n2)cc1OC. The maximum absolute atomic E-state index is 6.10. The first kappa shape index (κ1) is 12.4. The molecule has 0 saturated carbocycles. The van der Waals surface area contributed by atoms with Crippen LogP contribution < -0.4 is 15.2 Å². The standard InChI is InChI=1S/C12H16N4O2/c1-7-14-12(16-15-7)11(13)8-4-5-9(17-2)10(6-8)18-3/h4-6,11H,13H2,1-3H3,(H,14,15,16)/t11-/m1/s1. The van der Waals surface area contributed by atoms with E-state index in [-0.39, 0.29) is 0 Å². The number of H-pyrrole nitrogens is 1. The van der Waals surface area contributed by atoms with E-state index in [4.69, 9.17) is 15.2 Å². The summed E-state index contributed by atoms with van der Waals surface area (Å²) in [6, 6.07) is 5.12. The molecule has 3 N–H and O–H groups in total. The van der Waals surface area contributed by atoms with Gasteiger partial charge in [0.2, 0.25) is 0 Å². The van der Waals surface area contributed by atoms with Crippen LogP contribution in [0, 0.1) is 6.92 Å². The highest BCUT2D eigenvalue weighted by Crippen LogP contribution is 2.30. The molecule has 0 unspecified atom stereocenters. The van der Waals surface area contributed by atoms with Crippen LogP contribution in [0.4, 0.5) is 0 Å². The minimum atomic E-state index is -0.394. The maximum atomic E-state index is 6.10. The van der Waals surface area contributed by atoms with Crippen molar-refractivity contribution in [2.24, 2.45) is 5.73 Å². The van der Waals surface area contributed by atoms with E-state index < -0.39 is 6.04 Å². The van der Waals surface area contributed by atoms with Gasteiger partial charge in [-0.2, -0.15) is 5.10 Å². The Morgan fingerprint density at radius 3 is 2.50 bits per heavy atom. The van der Waals surface area contributed by atoms with Crippen molar-refractivity contribution in [2.45, 2.75) is 13.0 Å². The predicted octanol–water partition coefficient (Wildman–Crippen LogP) is 1.18. The van der Waals surface area contributed by atoms with Crippen molar-refractivity contribution in [2.75, 3.05) is 14.2 Å². The van der Waals surface area contributed by atoms with Crippen molar-refractivity contribution in [3.8, 4) is 11.5 Å².